The Hall–Kier alpha value is -1.85. The third kappa shape index (κ3) is 55.1. The number of hydrogen-bond acceptors (Lipinski definition) is 6. The first-order chi connectivity index (χ1) is 33.5. The van der Waals surface area contributed by atoms with E-state index in [1.165, 1.54) is 250 Å². The summed E-state index contributed by atoms with van der Waals surface area (Å²) in [6.45, 7) is 6.66. The predicted octanol–water partition coefficient (Wildman–Crippen LogP) is 20.5. The molecule has 0 radical (unpaired) electrons. The van der Waals surface area contributed by atoms with E-state index in [4.69, 9.17) is 14.2 Å². The van der Waals surface area contributed by atoms with Gasteiger partial charge in [0.25, 0.3) is 0 Å². The first-order valence-corrected chi connectivity index (χ1v) is 30.7. The van der Waals surface area contributed by atoms with Crippen molar-refractivity contribution in [2.75, 3.05) is 13.2 Å². The first-order valence-electron chi connectivity index (χ1n) is 30.7. The van der Waals surface area contributed by atoms with E-state index in [-0.39, 0.29) is 31.1 Å². The molecule has 1 unspecified atom stereocenters. The topological polar surface area (TPSA) is 78.9 Å². The van der Waals surface area contributed by atoms with E-state index < -0.39 is 6.10 Å². The Morgan fingerprint density at radius 1 is 0.279 bits per heavy atom. The Kier molecular flexibility index (Phi) is 56.2. The molecule has 0 aliphatic heterocycles. The summed E-state index contributed by atoms with van der Waals surface area (Å²) in [7, 11) is 0. The van der Waals surface area contributed by atoms with E-state index in [1.54, 1.807) is 0 Å². The zero-order valence-electron chi connectivity index (χ0n) is 46.2. The molecule has 0 aromatic heterocycles. The van der Waals surface area contributed by atoms with Crippen LogP contribution in [-0.2, 0) is 28.6 Å². The number of esters is 3. The normalized spacial score (nSPS) is 12.0. The van der Waals surface area contributed by atoms with E-state index in [2.05, 4.69) is 32.9 Å². The quantitative estimate of drug-likeness (QED) is 0.0262. The number of carbonyl (C=O) groups is 3. The Balaban J connectivity index is 4.10. The monoisotopic (exact) mass is 959 g/mol. The van der Waals surface area contributed by atoms with E-state index >= 15 is 0 Å². The van der Waals surface area contributed by atoms with Crippen molar-refractivity contribution in [3.05, 3.63) is 12.2 Å². The van der Waals surface area contributed by atoms with E-state index in [0.717, 1.165) is 57.8 Å². The van der Waals surface area contributed by atoms with Gasteiger partial charge in [-0.2, -0.15) is 0 Å². The molecule has 0 amide bonds. The zero-order valence-corrected chi connectivity index (χ0v) is 46.2. The summed E-state index contributed by atoms with van der Waals surface area (Å²) in [5.41, 5.74) is 0. The lowest BCUT2D eigenvalue weighted by atomic mass is 10.0. The van der Waals surface area contributed by atoms with Gasteiger partial charge in [0, 0.05) is 19.3 Å². The Morgan fingerprint density at radius 2 is 0.485 bits per heavy atom. The maximum absolute atomic E-state index is 12.8. The summed E-state index contributed by atoms with van der Waals surface area (Å²) in [6, 6.07) is 0. The molecule has 0 bridgehead atoms. The lowest BCUT2D eigenvalue weighted by Crippen LogP contribution is -2.30. The van der Waals surface area contributed by atoms with Crippen molar-refractivity contribution in [2.45, 2.75) is 354 Å². The summed E-state index contributed by atoms with van der Waals surface area (Å²) in [5.74, 6) is -0.847. The zero-order chi connectivity index (χ0) is 49.3. The van der Waals surface area contributed by atoms with Crippen LogP contribution < -0.4 is 0 Å². The van der Waals surface area contributed by atoms with Gasteiger partial charge in [0.2, 0.25) is 0 Å². The van der Waals surface area contributed by atoms with Crippen molar-refractivity contribution in [3.63, 3.8) is 0 Å². The molecule has 0 aliphatic carbocycles. The first kappa shape index (κ1) is 66.2. The van der Waals surface area contributed by atoms with Crippen molar-refractivity contribution in [3.8, 4) is 0 Å². The molecule has 0 spiro atoms. The fourth-order valence-corrected chi connectivity index (χ4v) is 9.38. The fourth-order valence-electron chi connectivity index (χ4n) is 9.38. The van der Waals surface area contributed by atoms with Crippen molar-refractivity contribution < 1.29 is 28.6 Å². The number of rotatable bonds is 57. The minimum absolute atomic E-state index is 0.0649. The van der Waals surface area contributed by atoms with Gasteiger partial charge < -0.3 is 14.2 Å². The standard InChI is InChI=1S/C62H118O6/c1-4-7-10-13-16-18-20-22-24-26-28-30-31-32-34-35-37-39-41-43-46-49-52-55-61(64)67-58-59(57-66-60(63)54-51-48-45-15-12-9-6-3)68-62(65)56-53-50-47-44-42-40-38-36-33-29-27-25-23-21-19-17-14-11-8-5-2/h26,28,59H,4-25,27,29-58H2,1-3H3/b28-26-. The largest absolute Gasteiger partial charge is 0.462 e. The van der Waals surface area contributed by atoms with E-state index in [9.17, 15) is 14.4 Å². The minimum atomic E-state index is -0.763. The Morgan fingerprint density at radius 3 is 0.735 bits per heavy atom. The van der Waals surface area contributed by atoms with Crippen LogP contribution in [0.5, 0.6) is 0 Å². The molecule has 0 aromatic carbocycles. The summed E-state index contributed by atoms with van der Waals surface area (Å²) in [6.07, 6.45) is 66.7. The highest BCUT2D eigenvalue weighted by molar-refractivity contribution is 5.71. The van der Waals surface area contributed by atoms with Crippen LogP contribution in [0.3, 0.4) is 0 Å². The molecule has 6 heteroatoms. The molecule has 0 saturated carbocycles. The van der Waals surface area contributed by atoms with Crippen molar-refractivity contribution in [1.29, 1.82) is 0 Å². The van der Waals surface area contributed by atoms with Crippen LogP contribution in [0.2, 0.25) is 0 Å². The molecule has 6 nitrogen and oxygen atoms in total. The van der Waals surface area contributed by atoms with Gasteiger partial charge in [-0.25, -0.2) is 0 Å². The van der Waals surface area contributed by atoms with E-state index in [1.807, 2.05) is 0 Å². The number of allylic oxidation sites excluding steroid dienone is 2. The van der Waals surface area contributed by atoms with Gasteiger partial charge >= 0.3 is 17.9 Å². The highest BCUT2D eigenvalue weighted by atomic mass is 16.6. The molecule has 402 valence electrons. The number of ether oxygens (including phenoxy) is 3. The fraction of sp³-hybridized carbons (Fsp3) is 0.919. The van der Waals surface area contributed by atoms with Gasteiger partial charge in [-0.05, 0) is 44.9 Å². The van der Waals surface area contributed by atoms with Gasteiger partial charge in [0.1, 0.15) is 13.2 Å². The van der Waals surface area contributed by atoms with E-state index in [0.29, 0.717) is 19.3 Å². The average Bonchev–Trinajstić information content (AvgIpc) is 3.34. The summed E-state index contributed by atoms with van der Waals surface area (Å²) >= 11 is 0. The number of hydrogen-bond donors (Lipinski definition) is 0. The van der Waals surface area contributed by atoms with Crippen LogP contribution in [0.1, 0.15) is 348 Å². The summed E-state index contributed by atoms with van der Waals surface area (Å²) < 4.78 is 16.8. The third-order valence-corrected chi connectivity index (χ3v) is 14.0. The summed E-state index contributed by atoms with van der Waals surface area (Å²) in [5, 5.41) is 0. The maximum Gasteiger partial charge on any atom is 0.306 e. The third-order valence-electron chi connectivity index (χ3n) is 14.0. The van der Waals surface area contributed by atoms with Crippen molar-refractivity contribution >= 4 is 17.9 Å². The number of unbranched alkanes of at least 4 members (excludes halogenated alkanes) is 44. The molecular weight excluding hydrogens is 841 g/mol. The second kappa shape index (κ2) is 57.7. The average molecular weight is 960 g/mol. The molecule has 0 aromatic rings. The van der Waals surface area contributed by atoms with Gasteiger partial charge in [0.05, 0.1) is 0 Å². The lowest BCUT2D eigenvalue weighted by Gasteiger charge is -2.18. The Bertz CT molecular complexity index is 1060. The lowest BCUT2D eigenvalue weighted by molar-refractivity contribution is -0.167. The summed E-state index contributed by atoms with van der Waals surface area (Å²) in [4.78, 5) is 38.0. The van der Waals surface area contributed by atoms with Gasteiger partial charge in [-0.3, -0.25) is 14.4 Å². The highest BCUT2D eigenvalue weighted by Crippen LogP contribution is 2.18. The number of carbonyl (C=O) groups excluding carboxylic acids is 3. The molecule has 0 rings (SSSR count). The van der Waals surface area contributed by atoms with Crippen molar-refractivity contribution in [2.24, 2.45) is 0 Å². The van der Waals surface area contributed by atoms with Crippen LogP contribution in [0.15, 0.2) is 12.2 Å². The molecule has 1 atom stereocenters. The molecule has 0 aliphatic rings. The second-order valence-corrected chi connectivity index (χ2v) is 21.0. The maximum atomic E-state index is 12.8. The molecule has 0 heterocycles. The van der Waals surface area contributed by atoms with Crippen molar-refractivity contribution in [1.82, 2.24) is 0 Å². The van der Waals surface area contributed by atoms with Crippen LogP contribution in [0.4, 0.5) is 0 Å². The molecule has 0 fully saturated rings. The van der Waals surface area contributed by atoms with Gasteiger partial charge in [0.15, 0.2) is 6.10 Å². The second-order valence-electron chi connectivity index (χ2n) is 21.0. The minimum Gasteiger partial charge on any atom is -0.462 e. The van der Waals surface area contributed by atoms with Crippen LogP contribution >= 0.6 is 0 Å². The van der Waals surface area contributed by atoms with Crippen LogP contribution in [-0.4, -0.2) is 37.2 Å². The highest BCUT2D eigenvalue weighted by Gasteiger charge is 2.19. The molecular formula is C62H118O6. The smallest absolute Gasteiger partial charge is 0.306 e. The van der Waals surface area contributed by atoms with Crippen LogP contribution in [0.25, 0.3) is 0 Å². The molecule has 68 heavy (non-hydrogen) atoms. The molecule has 0 saturated heterocycles. The van der Waals surface area contributed by atoms with Crippen LogP contribution in [0, 0.1) is 0 Å². The van der Waals surface area contributed by atoms with Gasteiger partial charge in [-0.15, -0.1) is 0 Å². The Labute approximate surface area is 424 Å². The SMILES string of the molecule is CCCCCCCCCC/C=C\CCCCCCCCCCCCCC(=O)OCC(COC(=O)CCCCCCCCC)OC(=O)CCCCCCCCCCCCCCCCCCCCCC. The van der Waals surface area contributed by atoms with Gasteiger partial charge in [-0.1, -0.05) is 296 Å². The molecule has 0 N–H and O–H groups in total. The predicted molar refractivity (Wildman–Crippen MR) is 293 cm³/mol.